The fraction of sp³-hybridized carbons (Fsp3) is 0.462. The van der Waals surface area contributed by atoms with Crippen LogP contribution in [0.2, 0.25) is 0 Å². The lowest BCUT2D eigenvalue weighted by Gasteiger charge is -2.12. The van der Waals surface area contributed by atoms with E-state index in [0.29, 0.717) is 6.54 Å². The largest absolute Gasteiger partial charge is 0.434 e. The van der Waals surface area contributed by atoms with Crippen LogP contribution in [-0.4, -0.2) is 44.6 Å². The van der Waals surface area contributed by atoms with Crippen molar-refractivity contribution in [3.05, 3.63) is 29.8 Å². The molecule has 0 heterocycles. The minimum absolute atomic E-state index is 0.109. The van der Waals surface area contributed by atoms with E-state index < -0.39 is 12.5 Å². The number of benzene rings is 1. The van der Waals surface area contributed by atoms with E-state index in [0.717, 1.165) is 13.0 Å². The molecule has 1 amide bonds. The Balaban J connectivity index is 2.56. The van der Waals surface area contributed by atoms with Gasteiger partial charge in [0.15, 0.2) is 0 Å². The van der Waals surface area contributed by atoms with Crippen molar-refractivity contribution >= 4 is 5.91 Å². The number of amides is 1. The lowest BCUT2D eigenvalue weighted by Crippen LogP contribution is -2.27. The molecule has 0 bridgehead atoms. The number of carbonyl (C=O) groups is 1. The van der Waals surface area contributed by atoms with Crippen molar-refractivity contribution < 1.29 is 18.3 Å². The zero-order valence-electron chi connectivity index (χ0n) is 11.0. The molecule has 0 saturated carbocycles. The van der Waals surface area contributed by atoms with E-state index in [1.165, 1.54) is 12.1 Å². The molecule has 0 aliphatic carbocycles. The first-order valence-electron chi connectivity index (χ1n) is 5.97. The quantitative estimate of drug-likeness (QED) is 0.772. The molecule has 0 aliphatic rings. The Morgan fingerprint density at radius 1 is 1.37 bits per heavy atom. The van der Waals surface area contributed by atoms with Gasteiger partial charge < -0.3 is 15.0 Å². The minimum Gasteiger partial charge on any atom is -0.434 e. The fourth-order valence-electron chi connectivity index (χ4n) is 1.55. The number of rotatable bonds is 7. The monoisotopic (exact) mass is 272 g/mol. The topological polar surface area (TPSA) is 41.6 Å². The van der Waals surface area contributed by atoms with Gasteiger partial charge >= 0.3 is 6.61 Å². The Labute approximate surface area is 111 Å². The molecule has 0 spiro atoms. The summed E-state index contributed by atoms with van der Waals surface area (Å²) >= 11 is 0. The maximum atomic E-state index is 12.2. The van der Waals surface area contributed by atoms with Crippen molar-refractivity contribution in [2.24, 2.45) is 0 Å². The van der Waals surface area contributed by atoms with Crippen molar-refractivity contribution in [3.63, 3.8) is 0 Å². The van der Waals surface area contributed by atoms with Crippen molar-refractivity contribution in [2.75, 3.05) is 27.2 Å². The number of alkyl halides is 2. The summed E-state index contributed by atoms with van der Waals surface area (Å²) in [6.07, 6.45) is 0.788. The van der Waals surface area contributed by atoms with Crippen LogP contribution in [0.15, 0.2) is 24.3 Å². The van der Waals surface area contributed by atoms with Gasteiger partial charge in [-0.3, -0.25) is 4.79 Å². The van der Waals surface area contributed by atoms with Crippen LogP contribution in [0, 0.1) is 0 Å². The summed E-state index contributed by atoms with van der Waals surface area (Å²) in [4.78, 5) is 13.8. The Kier molecular flexibility index (Phi) is 6.21. The van der Waals surface area contributed by atoms with Crippen LogP contribution in [0.3, 0.4) is 0 Å². The van der Waals surface area contributed by atoms with E-state index in [1.54, 1.807) is 12.1 Å². The zero-order valence-corrected chi connectivity index (χ0v) is 11.0. The van der Waals surface area contributed by atoms with Gasteiger partial charge in [0.25, 0.3) is 5.91 Å². The normalized spacial score (nSPS) is 10.8. The number of nitrogens with zero attached hydrogens (tertiary/aromatic N) is 1. The van der Waals surface area contributed by atoms with Gasteiger partial charge in [-0.2, -0.15) is 8.78 Å². The number of ether oxygens (including phenoxy) is 1. The third kappa shape index (κ3) is 5.65. The highest BCUT2D eigenvalue weighted by Gasteiger charge is 2.14. The predicted octanol–water partition coefficient (Wildman–Crippen LogP) is 1.97. The van der Waals surface area contributed by atoms with E-state index >= 15 is 0 Å². The molecule has 0 aliphatic heterocycles. The summed E-state index contributed by atoms with van der Waals surface area (Å²) in [7, 11) is 3.88. The Hall–Kier alpha value is -1.69. The lowest BCUT2D eigenvalue weighted by atomic mass is 10.2. The second-order valence-electron chi connectivity index (χ2n) is 4.29. The minimum atomic E-state index is -2.94. The van der Waals surface area contributed by atoms with Gasteiger partial charge in [0.1, 0.15) is 5.75 Å². The Morgan fingerprint density at radius 2 is 2.05 bits per heavy atom. The fourth-order valence-corrected chi connectivity index (χ4v) is 1.55. The molecular weight excluding hydrogens is 254 g/mol. The molecule has 0 atom stereocenters. The number of halogens is 2. The first-order chi connectivity index (χ1) is 9.00. The summed E-state index contributed by atoms with van der Waals surface area (Å²) in [5.41, 5.74) is 0.118. The maximum absolute atomic E-state index is 12.2. The van der Waals surface area contributed by atoms with Gasteiger partial charge in [-0.05, 0) is 39.2 Å². The molecule has 1 rings (SSSR count). The third-order valence-corrected chi connectivity index (χ3v) is 2.42. The van der Waals surface area contributed by atoms with Crippen molar-refractivity contribution in [3.8, 4) is 5.75 Å². The molecule has 0 fully saturated rings. The van der Waals surface area contributed by atoms with Gasteiger partial charge in [-0.1, -0.05) is 12.1 Å². The van der Waals surface area contributed by atoms with Crippen LogP contribution >= 0.6 is 0 Å². The molecule has 0 aromatic heterocycles. The van der Waals surface area contributed by atoms with E-state index in [-0.39, 0.29) is 11.3 Å². The molecule has 6 heteroatoms. The molecule has 1 N–H and O–H groups in total. The number of hydrogen-bond acceptors (Lipinski definition) is 3. The summed E-state index contributed by atoms with van der Waals surface area (Å²) in [5, 5.41) is 2.68. The van der Waals surface area contributed by atoms with Crippen LogP contribution in [0.5, 0.6) is 5.75 Å². The number of hydrogen-bond donors (Lipinski definition) is 1. The van der Waals surface area contributed by atoms with Crippen LogP contribution in [0.4, 0.5) is 8.78 Å². The molecule has 1 aromatic rings. The van der Waals surface area contributed by atoms with E-state index in [4.69, 9.17) is 0 Å². The van der Waals surface area contributed by atoms with E-state index in [2.05, 4.69) is 10.1 Å². The average Bonchev–Trinajstić information content (AvgIpc) is 2.34. The molecule has 1 aromatic carbocycles. The summed E-state index contributed by atoms with van der Waals surface area (Å²) in [6, 6.07) is 5.95. The van der Waals surface area contributed by atoms with Crippen LogP contribution in [-0.2, 0) is 0 Å². The number of nitrogens with one attached hydrogen (secondary N) is 1. The molecular formula is C13H18F2N2O2. The Bertz CT molecular complexity index is 411. The van der Waals surface area contributed by atoms with Crippen molar-refractivity contribution in [2.45, 2.75) is 13.0 Å². The molecule has 106 valence electrons. The summed E-state index contributed by atoms with van der Waals surface area (Å²) in [5.74, 6) is -0.516. The van der Waals surface area contributed by atoms with Crippen LogP contribution < -0.4 is 10.1 Å². The standard InChI is InChI=1S/C13H18F2N2O2/c1-17(2)9-5-8-16-12(18)10-6-3-4-7-11(10)19-13(14)15/h3-4,6-7,13H,5,8-9H2,1-2H3,(H,16,18). The molecule has 19 heavy (non-hydrogen) atoms. The highest BCUT2D eigenvalue weighted by Crippen LogP contribution is 2.19. The van der Waals surface area contributed by atoms with Gasteiger partial charge in [0, 0.05) is 6.54 Å². The van der Waals surface area contributed by atoms with Gasteiger partial charge in [0.05, 0.1) is 5.56 Å². The SMILES string of the molecule is CN(C)CCCNC(=O)c1ccccc1OC(F)F. The lowest BCUT2D eigenvalue weighted by molar-refractivity contribution is -0.0501. The molecule has 0 unspecified atom stereocenters. The molecule has 0 saturated heterocycles. The summed E-state index contributed by atoms with van der Waals surface area (Å²) < 4.78 is 28.7. The second-order valence-corrected chi connectivity index (χ2v) is 4.29. The maximum Gasteiger partial charge on any atom is 0.387 e. The molecule has 4 nitrogen and oxygen atoms in total. The predicted molar refractivity (Wildman–Crippen MR) is 68.6 cm³/mol. The third-order valence-electron chi connectivity index (χ3n) is 2.42. The first-order valence-corrected chi connectivity index (χ1v) is 5.97. The van der Waals surface area contributed by atoms with Crippen molar-refractivity contribution in [1.82, 2.24) is 10.2 Å². The van der Waals surface area contributed by atoms with E-state index in [9.17, 15) is 13.6 Å². The van der Waals surface area contributed by atoms with Gasteiger partial charge in [0.2, 0.25) is 0 Å². The number of carbonyl (C=O) groups excluding carboxylic acids is 1. The second kappa shape index (κ2) is 7.68. The highest BCUT2D eigenvalue weighted by molar-refractivity contribution is 5.96. The van der Waals surface area contributed by atoms with Crippen molar-refractivity contribution in [1.29, 1.82) is 0 Å². The molecule has 0 radical (unpaired) electrons. The highest BCUT2D eigenvalue weighted by atomic mass is 19.3. The first kappa shape index (κ1) is 15.4. The van der Waals surface area contributed by atoms with Crippen LogP contribution in [0.25, 0.3) is 0 Å². The van der Waals surface area contributed by atoms with Gasteiger partial charge in [-0.25, -0.2) is 0 Å². The summed E-state index contributed by atoms with van der Waals surface area (Å²) in [6.45, 7) is -1.61. The average molecular weight is 272 g/mol. The smallest absolute Gasteiger partial charge is 0.387 e. The van der Waals surface area contributed by atoms with Crippen LogP contribution in [0.1, 0.15) is 16.8 Å². The van der Waals surface area contributed by atoms with E-state index in [1.807, 2.05) is 19.0 Å². The Morgan fingerprint density at radius 3 is 2.68 bits per heavy atom. The van der Waals surface area contributed by atoms with Gasteiger partial charge in [-0.15, -0.1) is 0 Å². The zero-order chi connectivity index (χ0) is 14.3. The number of para-hydroxylation sites is 1.